The molecule has 7 nitrogen and oxygen atoms in total. The third kappa shape index (κ3) is 2.15. The van der Waals surface area contributed by atoms with Gasteiger partial charge in [0.1, 0.15) is 0 Å². The number of H-pyrrole nitrogens is 1. The molecule has 0 radical (unpaired) electrons. The number of nitrogens with zero attached hydrogens (tertiary/aromatic N) is 3. The fourth-order valence-electron chi connectivity index (χ4n) is 2.46. The van der Waals surface area contributed by atoms with Crippen molar-refractivity contribution in [3.63, 3.8) is 0 Å². The summed E-state index contributed by atoms with van der Waals surface area (Å²) in [4.78, 5) is 27.4. The number of amides is 1. The van der Waals surface area contributed by atoms with Crippen molar-refractivity contribution in [2.75, 3.05) is 5.32 Å². The van der Waals surface area contributed by atoms with Crippen molar-refractivity contribution < 1.29 is 4.79 Å². The summed E-state index contributed by atoms with van der Waals surface area (Å²) >= 11 is 0. The van der Waals surface area contributed by atoms with E-state index in [1.54, 1.807) is 36.4 Å². The predicted molar refractivity (Wildman–Crippen MR) is 85.5 cm³/mol. The maximum absolute atomic E-state index is 12.4. The first kappa shape index (κ1) is 13.2. The van der Waals surface area contributed by atoms with Gasteiger partial charge in [-0.2, -0.15) is 0 Å². The zero-order valence-corrected chi connectivity index (χ0v) is 11.9. The summed E-state index contributed by atoms with van der Waals surface area (Å²) in [7, 11) is 0. The van der Waals surface area contributed by atoms with Crippen LogP contribution >= 0.6 is 0 Å². The van der Waals surface area contributed by atoms with Crippen LogP contribution in [0.25, 0.3) is 16.6 Å². The van der Waals surface area contributed by atoms with Gasteiger partial charge in [-0.1, -0.05) is 35.5 Å². The van der Waals surface area contributed by atoms with Gasteiger partial charge < -0.3 is 10.3 Å². The third-order valence-corrected chi connectivity index (χ3v) is 3.51. The number of hydrogen-bond acceptors (Lipinski definition) is 4. The Hall–Kier alpha value is -3.48. The number of anilines is 1. The summed E-state index contributed by atoms with van der Waals surface area (Å²) in [6.45, 7) is 0. The van der Waals surface area contributed by atoms with Crippen molar-refractivity contribution in [2.24, 2.45) is 0 Å². The number of hydrogen-bond donors (Lipinski definition) is 2. The Balaban J connectivity index is 1.87. The van der Waals surface area contributed by atoms with E-state index in [0.717, 1.165) is 0 Å². The van der Waals surface area contributed by atoms with Gasteiger partial charge in [-0.3, -0.25) is 9.59 Å². The second-order valence-corrected chi connectivity index (χ2v) is 4.99. The van der Waals surface area contributed by atoms with E-state index in [2.05, 4.69) is 20.6 Å². The lowest BCUT2D eigenvalue weighted by molar-refractivity contribution is 0.102. The van der Waals surface area contributed by atoms with Crippen LogP contribution in [0.15, 0.2) is 59.4 Å². The molecule has 4 aromatic rings. The van der Waals surface area contributed by atoms with Crippen LogP contribution in [0.3, 0.4) is 0 Å². The lowest BCUT2D eigenvalue weighted by Gasteiger charge is -2.03. The number of para-hydroxylation sites is 3. The van der Waals surface area contributed by atoms with Gasteiger partial charge in [-0.15, -0.1) is 5.10 Å². The molecule has 0 aliphatic heterocycles. The molecular weight excluding hydrogens is 294 g/mol. The highest BCUT2D eigenvalue weighted by Gasteiger charge is 2.19. The molecule has 4 rings (SSSR count). The SMILES string of the molecule is O=C(Nc1ccccc1)c1nnn2c1c(=O)[nH]c1ccccc12. The number of benzene rings is 2. The third-order valence-electron chi connectivity index (χ3n) is 3.51. The highest BCUT2D eigenvalue weighted by molar-refractivity contribution is 6.07. The summed E-state index contributed by atoms with van der Waals surface area (Å²) in [5, 5.41) is 10.5. The summed E-state index contributed by atoms with van der Waals surface area (Å²) in [6, 6.07) is 16.2. The largest absolute Gasteiger partial charge is 0.321 e. The summed E-state index contributed by atoms with van der Waals surface area (Å²) < 4.78 is 1.38. The van der Waals surface area contributed by atoms with E-state index in [4.69, 9.17) is 0 Å². The average molecular weight is 305 g/mol. The van der Waals surface area contributed by atoms with Gasteiger partial charge in [0.25, 0.3) is 11.5 Å². The first-order valence-electron chi connectivity index (χ1n) is 6.97. The fourth-order valence-corrected chi connectivity index (χ4v) is 2.46. The van der Waals surface area contributed by atoms with Gasteiger partial charge in [0.15, 0.2) is 11.2 Å². The monoisotopic (exact) mass is 305 g/mol. The molecule has 0 spiro atoms. The lowest BCUT2D eigenvalue weighted by Crippen LogP contribution is -2.17. The normalized spacial score (nSPS) is 11.0. The number of carbonyl (C=O) groups excluding carboxylic acids is 1. The van der Waals surface area contributed by atoms with Gasteiger partial charge in [-0.25, -0.2) is 4.52 Å². The summed E-state index contributed by atoms with van der Waals surface area (Å²) in [5.41, 5.74) is 1.62. The molecule has 2 aromatic carbocycles. The van der Waals surface area contributed by atoms with E-state index in [1.807, 2.05) is 18.2 Å². The number of aromatic amines is 1. The Labute approximate surface area is 129 Å². The van der Waals surface area contributed by atoms with Crippen LogP contribution in [0.4, 0.5) is 5.69 Å². The molecule has 0 atom stereocenters. The number of carbonyl (C=O) groups is 1. The van der Waals surface area contributed by atoms with Crippen LogP contribution < -0.4 is 10.9 Å². The van der Waals surface area contributed by atoms with Gasteiger partial charge >= 0.3 is 0 Å². The Morgan fingerprint density at radius 3 is 2.61 bits per heavy atom. The summed E-state index contributed by atoms with van der Waals surface area (Å²) in [5.74, 6) is -0.480. The van der Waals surface area contributed by atoms with Crippen molar-refractivity contribution in [1.82, 2.24) is 19.8 Å². The minimum absolute atomic E-state index is 0.0131. The fraction of sp³-hybridized carbons (Fsp3) is 0. The first-order valence-corrected chi connectivity index (χ1v) is 6.97. The number of fused-ring (bicyclic) bond motifs is 3. The van der Waals surface area contributed by atoms with Crippen LogP contribution in [0, 0.1) is 0 Å². The minimum atomic E-state index is -0.480. The minimum Gasteiger partial charge on any atom is -0.321 e. The molecule has 0 bridgehead atoms. The Morgan fingerprint density at radius 2 is 1.78 bits per heavy atom. The van der Waals surface area contributed by atoms with Crippen molar-refractivity contribution in [1.29, 1.82) is 0 Å². The standard InChI is InChI=1S/C16H11N5O2/c22-15(17-10-6-2-1-3-7-10)13-14-16(23)18-11-8-4-5-9-12(11)21(14)20-19-13/h1-9H,(H,17,22)(H,18,23). The Morgan fingerprint density at radius 1 is 1.04 bits per heavy atom. The molecule has 0 saturated heterocycles. The van der Waals surface area contributed by atoms with E-state index >= 15 is 0 Å². The molecule has 7 heteroatoms. The Kier molecular flexibility index (Phi) is 2.90. The maximum Gasteiger partial charge on any atom is 0.278 e. The highest BCUT2D eigenvalue weighted by atomic mass is 16.2. The van der Waals surface area contributed by atoms with Gasteiger partial charge in [-0.05, 0) is 24.3 Å². The molecule has 0 aliphatic rings. The van der Waals surface area contributed by atoms with E-state index < -0.39 is 11.5 Å². The molecule has 112 valence electrons. The topological polar surface area (TPSA) is 92.2 Å². The molecule has 2 N–H and O–H groups in total. The van der Waals surface area contributed by atoms with Gasteiger partial charge in [0.2, 0.25) is 0 Å². The van der Waals surface area contributed by atoms with Crippen molar-refractivity contribution >= 4 is 28.1 Å². The molecular formula is C16H11N5O2. The van der Waals surface area contributed by atoms with E-state index in [9.17, 15) is 9.59 Å². The van der Waals surface area contributed by atoms with E-state index in [0.29, 0.717) is 16.7 Å². The average Bonchev–Trinajstić information content (AvgIpc) is 3.02. The second kappa shape index (κ2) is 5.06. The van der Waals surface area contributed by atoms with E-state index in [-0.39, 0.29) is 11.2 Å². The Bertz CT molecular complexity index is 1080. The quantitative estimate of drug-likeness (QED) is 0.591. The van der Waals surface area contributed by atoms with Crippen LogP contribution in [0.2, 0.25) is 0 Å². The van der Waals surface area contributed by atoms with Crippen molar-refractivity contribution in [3.05, 3.63) is 70.6 Å². The molecule has 23 heavy (non-hydrogen) atoms. The zero-order chi connectivity index (χ0) is 15.8. The van der Waals surface area contributed by atoms with Crippen LogP contribution in [-0.2, 0) is 0 Å². The predicted octanol–water partition coefficient (Wildman–Crippen LogP) is 1.82. The van der Waals surface area contributed by atoms with Crippen LogP contribution in [0.5, 0.6) is 0 Å². The molecule has 0 aliphatic carbocycles. The molecule has 1 amide bonds. The summed E-state index contributed by atoms with van der Waals surface area (Å²) in [6.07, 6.45) is 0. The smallest absolute Gasteiger partial charge is 0.278 e. The maximum atomic E-state index is 12.4. The number of nitrogens with one attached hydrogen (secondary N) is 2. The number of aromatic nitrogens is 4. The molecule has 0 unspecified atom stereocenters. The van der Waals surface area contributed by atoms with Crippen LogP contribution in [-0.4, -0.2) is 25.7 Å². The van der Waals surface area contributed by atoms with Crippen molar-refractivity contribution in [2.45, 2.75) is 0 Å². The molecule has 0 fully saturated rings. The highest BCUT2D eigenvalue weighted by Crippen LogP contribution is 2.14. The zero-order valence-electron chi connectivity index (χ0n) is 11.9. The second-order valence-electron chi connectivity index (χ2n) is 4.99. The molecule has 0 saturated carbocycles. The van der Waals surface area contributed by atoms with Crippen molar-refractivity contribution in [3.8, 4) is 0 Å². The van der Waals surface area contributed by atoms with Gasteiger partial charge in [0.05, 0.1) is 11.0 Å². The van der Waals surface area contributed by atoms with Crippen LogP contribution in [0.1, 0.15) is 10.5 Å². The van der Waals surface area contributed by atoms with Gasteiger partial charge in [0, 0.05) is 5.69 Å². The molecule has 2 heterocycles. The number of rotatable bonds is 2. The van der Waals surface area contributed by atoms with E-state index in [1.165, 1.54) is 4.52 Å². The molecule has 2 aromatic heterocycles. The first-order chi connectivity index (χ1) is 11.2. The lowest BCUT2D eigenvalue weighted by atomic mass is 10.2.